The average Bonchev–Trinajstić information content (AvgIpc) is 2.86. The van der Waals surface area contributed by atoms with Crippen LogP contribution < -0.4 is 4.74 Å². The van der Waals surface area contributed by atoms with Crippen LogP contribution in [0.3, 0.4) is 0 Å². The Morgan fingerprint density at radius 3 is 1.79 bits per heavy atom. The Balaban J connectivity index is 1.38. The van der Waals surface area contributed by atoms with Gasteiger partial charge in [0, 0.05) is 13.1 Å². The van der Waals surface area contributed by atoms with E-state index in [4.69, 9.17) is 14.9 Å². The number of rotatable bonds is 14. The van der Waals surface area contributed by atoms with Gasteiger partial charge >= 0.3 is 0 Å². The van der Waals surface area contributed by atoms with Gasteiger partial charge in [0.05, 0.1) is 31.2 Å². The van der Waals surface area contributed by atoms with Crippen LogP contribution in [-0.2, 0) is 0 Å². The van der Waals surface area contributed by atoms with Crippen LogP contribution in [0.5, 0.6) is 5.75 Å². The predicted molar refractivity (Wildman–Crippen MR) is 132 cm³/mol. The van der Waals surface area contributed by atoms with E-state index in [-0.39, 0.29) is 13.2 Å². The van der Waals surface area contributed by atoms with Crippen LogP contribution in [0.2, 0.25) is 0 Å². The van der Waals surface area contributed by atoms with Gasteiger partial charge in [-0.1, -0.05) is 42.5 Å². The number of ether oxygens (including phenoxy) is 1. The average molecular weight is 448 g/mol. The zero-order valence-electron chi connectivity index (χ0n) is 19.0. The van der Waals surface area contributed by atoms with Gasteiger partial charge in [-0.3, -0.25) is 4.90 Å². The number of azo groups is 1. The van der Waals surface area contributed by atoms with Gasteiger partial charge in [-0.05, 0) is 73.3 Å². The number of unbranched alkanes of at least 4 members (excludes halogenated alkanes) is 2. The molecule has 0 heterocycles. The second kappa shape index (κ2) is 14.2. The Morgan fingerprint density at radius 1 is 0.606 bits per heavy atom. The van der Waals surface area contributed by atoms with E-state index >= 15 is 0 Å². The molecule has 33 heavy (non-hydrogen) atoms. The van der Waals surface area contributed by atoms with Crippen LogP contribution in [0.1, 0.15) is 19.3 Å². The Kier molecular flexibility index (Phi) is 10.5. The standard InChI is InChI=1S/C27H33N3O3/c31-20-18-30(19-21-32)17-5-2-6-22-33-27-15-13-26(14-16-27)29-28-25-11-9-24(10-12-25)23-7-3-1-4-8-23/h1,3-4,7-16,31-32H,2,5-6,17-22H2. The lowest BCUT2D eigenvalue weighted by molar-refractivity contribution is 0.158. The number of aliphatic hydroxyl groups is 2. The summed E-state index contributed by atoms with van der Waals surface area (Å²) < 4.78 is 5.82. The molecule has 0 aliphatic heterocycles. The molecule has 0 saturated carbocycles. The van der Waals surface area contributed by atoms with E-state index in [9.17, 15) is 0 Å². The van der Waals surface area contributed by atoms with Gasteiger partial charge in [0.1, 0.15) is 5.75 Å². The third-order valence-corrected chi connectivity index (χ3v) is 5.31. The minimum absolute atomic E-state index is 0.124. The van der Waals surface area contributed by atoms with Crippen molar-refractivity contribution in [3.05, 3.63) is 78.9 Å². The normalized spacial score (nSPS) is 11.4. The van der Waals surface area contributed by atoms with E-state index in [1.54, 1.807) is 0 Å². The summed E-state index contributed by atoms with van der Waals surface area (Å²) in [6.07, 6.45) is 3.03. The number of aliphatic hydroxyl groups excluding tert-OH is 2. The quantitative estimate of drug-likeness (QED) is 0.249. The summed E-state index contributed by atoms with van der Waals surface area (Å²) in [5.74, 6) is 0.823. The summed E-state index contributed by atoms with van der Waals surface area (Å²) in [4.78, 5) is 2.08. The van der Waals surface area contributed by atoms with Crippen LogP contribution >= 0.6 is 0 Å². The lowest BCUT2D eigenvalue weighted by atomic mass is 10.1. The number of hydrogen-bond acceptors (Lipinski definition) is 6. The minimum atomic E-state index is 0.124. The van der Waals surface area contributed by atoms with Gasteiger partial charge in [-0.15, -0.1) is 0 Å². The molecule has 3 rings (SSSR count). The maximum atomic E-state index is 9.03. The molecule has 0 fully saturated rings. The second-order valence-electron chi connectivity index (χ2n) is 7.80. The molecule has 0 spiro atoms. The zero-order valence-corrected chi connectivity index (χ0v) is 19.0. The molecule has 174 valence electrons. The lowest BCUT2D eigenvalue weighted by Gasteiger charge is -2.19. The van der Waals surface area contributed by atoms with E-state index in [1.165, 1.54) is 5.56 Å². The number of benzene rings is 3. The van der Waals surface area contributed by atoms with Gasteiger partial charge in [0.25, 0.3) is 0 Å². The fraction of sp³-hybridized carbons (Fsp3) is 0.333. The van der Waals surface area contributed by atoms with Gasteiger partial charge in [0.15, 0.2) is 0 Å². The topological polar surface area (TPSA) is 77.7 Å². The molecule has 0 bridgehead atoms. The third kappa shape index (κ3) is 8.77. The van der Waals surface area contributed by atoms with E-state index in [0.29, 0.717) is 19.7 Å². The Morgan fingerprint density at radius 2 is 1.18 bits per heavy atom. The lowest BCUT2D eigenvalue weighted by Crippen LogP contribution is -2.30. The van der Waals surface area contributed by atoms with Crippen molar-refractivity contribution in [2.24, 2.45) is 10.2 Å². The third-order valence-electron chi connectivity index (χ3n) is 5.31. The maximum absolute atomic E-state index is 9.03. The van der Waals surface area contributed by atoms with Crippen LogP contribution in [0.25, 0.3) is 11.1 Å². The molecule has 6 nitrogen and oxygen atoms in total. The Bertz CT molecular complexity index is 939. The van der Waals surface area contributed by atoms with Gasteiger partial charge in [0.2, 0.25) is 0 Å². The SMILES string of the molecule is OCCN(CCO)CCCCCOc1ccc(N=Nc2ccc(-c3ccccc3)cc2)cc1. The monoisotopic (exact) mass is 447 g/mol. The van der Waals surface area contributed by atoms with Crippen LogP contribution in [0.15, 0.2) is 89.1 Å². The molecule has 3 aromatic carbocycles. The van der Waals surface area contributed by atoms with Crippen molar-refractivity contribution < 1.29 is 14.9 Å². The molecule has 0 atom stereocenters. The van der Waals surface area contributed by atoms with Crippen molar-refractivity contribution in [2.45, 2.75) is 19.3 Å². The first kappa shape index (κ1) is 24.6. The highest BCUT2D eigenvalue weighted by Crippen LogP contribution is 2.25. The maximum Gasteiger partial charge on any atom is 0.119 e. The van der Waals surface area contributed by atoms with E-state index in [2.05, 4.69) is 39.4 Å². The second-order valence-corrected chi connectivity index (χ2v) is 7.80. The molecule has 0 amide bonds. The number of hydrogen-bond donors (Lipinski definition) is 2. The molecule has 0 aliphatic carbocycles. The van der Waals surface area contributed by atoms with Gasteiger partial charge in [-0.25, -0.2) is 0 Å². The molecule has 2 N–H and O–H groups in total. The summed E-state index contributed by atoms with van der Waals surface area (Å²) in [5, 5.41) is 26.7. The summed E-state index contributed by atoms with van der Waals surface area (Å²) in [7, 11) is 0. The number of nitrogens with zero attached hydrogens (tertiary/aromatic N) is 3. The molecule has 3 aromatic rings. The summed E-state index contributed by atoms with van der Waals surface area (Å²) >= 11 is 0. The Labute approximate surface area is 196 Å². The molecular formula is C27H33N3O3. The first-order chi connectivity index (χ1) is 16.3. The minimum Gasteiger partial charge on any atom is -0.494 e. The molecular weight excluding hydrogens is 414 g/mol. The van der Waals surface area contributed by atoms with Gasteiger partial charge < -0.3 is 14.9 Å². The van der Waals surface area contributed by atoms with Gasteiger partial charge in [-0.2, -0.15) is 10.2 Å². The molecule has 0 aromatic heterocycles. The van der Waals surface area contributed by atoms with Crippen molar-refractivity contribution >= 4 is 11.4 Å². The van der Waals surface area contributed by atoms with Crippen LogP contribution in [0, 0.1) is 0 Å². The first-order valence-corrected chi connectivity index (χ1v) is 11.5. The summed E-state index contributed by atoms with van der Waals surface area (Å²) in [6.45, 7) is 3.02. The fourth-order valence-electron chi connectivity index (χ4n) is 3.50. The predicted octanol–water partition coefficient (Wildman–Crippen LogP) is 5.60. The van der Waals surface area contributed by atoms with Crippen molar-refractivity contribution in [3.8, 4) is 16.9 Å². The highest BCUT2D eigenvalue weighted by molar-refractivity contribution is 5.65. The first-order valence-electron chi connectivity index (χ1n) is 11.5. The molecule has 0 aliphatic rings. The van der Waals surface area contributed by atoms with Crippen molar-refractivity contribution in [2.75, 3.05) is 39.5 Å². The van der Waals surface area contributed by atoms with E-state index in [0.717, 1.165) is 48.5 Å². The van der Waals surface area contributed by atoms with E-state index < -0.39 is 0 Å². The molecule has 0 radical (unpaired) electrons. The van der Waals surface area contributed by atoms with E-state index in [1.807, 2.05) is 54.6 Å². The highest BCUT2D eigenvalue weighted by Gasteiger charge is 2.03. The summed E-state index contributed by atoms with van der Waals surface area (Å²) in [6, 6.07) is 25.9. The molecule has 0 saturated heterocycles. The molecule has 6 heteroatoms. The smallest absolute Gasteiger partial charge is 0.119 e. The van der Waals surface area contributed by atoms with Crippen LogP contribution in [0.4, 0.5) is 11.4 Å². The highest BCUT2D eigenvalue weighted by atomic mass is 16.5. The largest absolute Gasteiger partial charge is 0.494 e. The van der Waals surface area contributed by atoms with Crippen molar-refractivity contribution in [3.63, 3.8) is 0 Å². The summed E-state index contributed by atoms with van der Waals surface area (Å²) in [5.41, 5.74) is 3.93. The fourth-order valence-corrected chi connectivity index (χ4v) is 3.50. The van der Waals surface area contributed by atoms with Crippen molar-refractivity contribution in [1.29, 1.82) is 0 Å². The Hall–Kier alpha value is -3.06. The molecule has 0 unspecified atom stereocenters. The van der Waals surface area contributed by atoms with Crippen molar-refractivity contribution in [1.82, 2.24) is 4.90 Å². The zero-order chi connectivity index (χ0) is 23.1. The van der Waals surface area contributed by atoms with Crippen LogP contribution in [-0.4, -0.2) is 54.6 Å².